The van der Waals surface area contributed by atoms with E-state index in [0.717, 1.165) is 42.7 Å². The van der Waals surface area contributed by atoms with Crippen LogP contribution in [0, 0.1) is 23.7 Å². The van der Waals surface area contributed by atoms with Crippen molar-refractivity contribution in [2.24, 2.45) is 23.7 Å². The predicted octanol–water partition coefficient (Wildman–Crippen LogP) is 4.27. The largest absolute Gasteiger partial charge is 0.374 e. The molecule has 1 atom stereocenters. The van der Waals surface area contributed by atoms with Crippen LogP contribution in [0.1, 0.15) is 65.7 Å². The fourth-order valence-corrected chi connectivity index (χ4v) is 6.30. The van der Waals surface area contributed by atoms with Crippen LogP contribution < -0.4 is 21.3 Å². The number of hydrogen-bond acceptors (Lipinski definition) is 4. The Morgan fingerprint density at radius 3 is 1.97 bits per heavy atom. The summed E-state index contributed by atoms with van der Waals surface area (Å²) in [4.78, 5) is 37.1. The lowest BCUT2D eigenvalue weighted by Gasteiger charge is -2.56. The second kappa shape index (κ2) is 9.12. The third-order valence-electron chi connectivity index (χ3n) is 7.19. The zero-order chi connectivity index (χ0) is 22.9. The summed E-state index contributed by atoms with van der Waals surface area (Å²) in [5, 5.41) is 11.7. The summed E-state index contributed by atoms with van der Waals surface area (Å²) >= 11 is 0. The Labute approximate surface area is 190 Å². The lowest BCUT2D eigenvalue weighted by atomic mass is 9.53. The monoisotopic (exact) mass is 440 g/mol. The van der Waals surface area contributed by atoms with Crippen LogP contribution in [0.3, 0.4) is 0 Å². The van der Waals surface area contributed by atoms with Gasteiger partial charge in [0.15, 0.2) is 0 Å². The molecule has 4 bridgehead atoms. The van der Waals surface area contributed by atoms with Crippen molar-refractivity contribution in [3.8, 4) is 0 Å². The van der Waals surface area contributed by atoms with E-state index in [4.69, 9.17) is 0 Å². The van der Waals surface area contributed by atoms with Crippen LogP contribution in [0.5, 0.6) is 0 Å². The van der Waals surface area contributed by atoms with Gasteiger partial charge in [0.05, 0.1) is 0 Å². The molecule has 4 aliphatic rings. The first-order valence-corrected chi connectivity index (χ1v) is 12.0. The molecule has 0 unspecified atom stereocenters. The average molecular weight is 441 g/mol. The molecule has 4 aliphatic carbocycles. The molecule has 4 N–H and O–H groups in total. The van der Waals surface area contributed by atoms with E-state index in [0.29, 0.717) is 18.0 Å². The van der Waals surface area contributed by atoms with Gasteiger partial charge in [0.1, 0.15) is 6.04 Å². The topological polar surface area (TPSA) is 99.3 Å². The Morgan fingerprint density at radius 1 is 0.906 bits per heavy atom. The zero-order valence-electron chi connectivity index (χ0n) is 19.4. The average Bonchev–Trinajstić information content (AvgIpc) is 2.67. The molecule has 0 spiro atoms. The molecule has 5 rings (SSSR count). The summed E-state index contributed by atoms with van der Waals surface area (Å²) in [5.74, 6) is 2.12. The highest BCUT2D eigenvalue weighted by molar-refractivity contribution is 5.98. The molecule has 4 fully saturated rings. The fraction of sp³-hybridized carbons (Fsp3) is 0.640. The Kier molecular flexibility index (Phi) is 6.45. The number of rotatable bonds is 7. The smallest absolute Gasteiger partial charge is 0.321 e. The fourth-order valence-electron chi connectivity index (χ4n) is 6.30. The number of carbonyl (C=O) groups excluding carboxylic acids is 3. The number of urea groups is 1. The van der Waals surface area contributed by atoms with Gasteiger partial charge in [-0.1, -0.05) is 13.8 Å². The van der Waals surface area contributed by atoms with Crippen molar-refractivity contribution in [3.63, 3.8) is 0 Å². The molecule has 0 saturated heterocycles. The second-order valence-electron chi connectivity index (χ2n) is 10.7. The maximum Gasteiger partial charge on any atom is 0.321 e. The molecular formula is C25H36N4O3. The van der Waals surface area contributed by atoms with Crippen molar-refractivity contribution in [1.82, 2.24) is 10.6 Å². The molecular weight excluding hydrogens is 404 g/mol. The van der Waals surface area contributed by atoms with Gasteiger partial charge < -0.3 is 16.0 Å². The number of hydrogen-bond donors (Lipinski definition) is 4. The van der Waals surface area contributed by atoms with Gasteiger partial charge in [-0.25, -0.2) is 4.79 Å². The van der Waals surface area contributed by atoms with E-state index >= 15 is 0 Å². The van der Waals surface area contributed by atoms with Gasteiger partial charge in [0, 0.05) is 23.3 Å². The Bertz CT molecular complexity index is 829. The summed E-state index contributed by atoms with van der Waals surface area (Å²) in [6.45, 7) is 5.73. The first kappa shape index (κ1) is 22.6. The van der Waals surface area contributed by atoms with E-state index in [1.807, 2.05) is 26.0 Å². The van der Waals surface area contributed by atoms with Crippen LogP contribution in [0.4, 0.5) is 16.2 Å². The van der Waals surface area contributed by atoms with Crippen molar-refractivity contribution < 1.29 is 14.4 Å². The van der Waals surface area contributed by atoms with Crippen molar-refractivity contribution in [3.05, 3.63) is 24.3 Å². The molecule has 1 aromatic carbocycles. The maximum absolute atomic E-state index is 12.6. The van der Waals surface area contributed by atoms with Crippen molar-refractivity contribution in [1.29, 1.82) is 0 Å². The molecule has 0 aromatic heterocycles. The summed E-state index contributed by atoms with van der Waals surface area (Å²) in [6, 6.07) is 6.26. The lowest BCUT2D eigenvalue weighted by Crippen LogP contribution is -2.62. The molecule has 32 heavy (non-hydrogen) atoms. The van der Waals surface area contributed by atoms with Crippen LogP contribution in [0.15, 0.2) is 24.3 Å². The van der Waals surface area contributed by atoms with Crippen molar-refractivity contribution in [2.45, 2.75) is 77.3 Å². The number of benzene rings is 1. The number of amides is 4. The van der Waals surface area contributed by atoms with E-state index in [1.54, 1.807) is 19.1 Å². The number of nitrogens with one attached hydrogen (secondary N) is 4. The molecule has 4 amide bonds. The van der Waals surface area contributed by atoms with Gasteiger partial charge >= 0.3 is 6.03 Å². The number of carbonyl (C=O) groups is 3. The van der Waals surface area contributed by atoms with Gasteiger partial charge in [-0.3, -0.25) is 14.9 Å². The minimum atomic E-state index is -0.571. The highest BCUT2D eigenvalue weighted by Crippen LogP contribution is 2.55. The molecule has 0 aliphatic heterocycles. The third-order valence-corrected chi connectivity index (χ3v) is 7.19. The van der Waals surface area contributed by atoms with Gasteiger partial charge in [-0.2, -0.15) is 0 Å². The van der Waals surface area contributed by atoms with E-state index in [2.05, 4.69) is 21.3 Å². The van der Waals surface area contributed by atoms with Crippen LogP contribution in [0.2, 0.25) is 0 Å². The molecule has 7 nitrogen and oxygen atoms in total. The Hall–Kier alpha value is -2.57. The van der Waals surface area contributed by atoms with Crippen molar-refractivity contribution >= 4 is 29.2 Å². The van der Waals surface area contributed by atoms with Gasteiger partial charge in [-0.15, -0.1) is 0 Å². The second-order valence-corrected chi connectivity index (χ2v) is 10.7. The molecule has 0 heterocycles. The molecule has 7 heteroatoms. The maximum atomic E-state index is 12.6. The number of anilines is 2. The lowest BCUT2D eigenvalue weighted by molar-refractivity contribution is -0.120. The molecule has 1 aromatic rings. The normalized spacial score (nSPS) is 28.8. The minimum absolute atomic E-state index is 0.0153. The van der Waals surface area contributed by atoms with E-state index < -0.39 is 6.04 Å². The van der Waals surface area contributed by atoms with Crippen LogP contribution >= 0.6 is 0 Å². The first-order chi connectivity index (χ1) is 15.2. The van der Waals surface area contributed by atoms with Gasteiger partial charge in [0.2, 0.25) is 11.8 Å². The van der Waals surface area contributed by atoms with Gasteiger partial charge in [0.25, 0.3) is 0 Å². The van der Waals surface area contributed by atoms with Gasteiger partial charge in [-0.05, 0) is 93.4 Å². The van der Waals surface area contributed by atoms with E-state index in [-0.39, 0.29) is 23.4 Å². The summed E-state index contributed by atoms with van der Waals surface area (Å²) in [7, 11) is 0. The third kappa shape index (κ3) is 5.43. The predicted molar refractivity (Wildman–Crippen MR) is 125 cm³/mol. The van der Waals surface area contributed by atoms with E-state index in [1.165, 1.54) is 19.3 Å². The van der Waals surface area contributed by atoms with Crippen LogP contribution in [-0.4, -0.2) is 29.4 Å². The number of imide groups is 1. The first-order valence-electron chi connectivity index (χ1n) is 12.0. The Morgan fingerprint density at radius 2 is 1.44 bits per heavy atom. The summed E-state index contributed by atoms with van der Waals surface area (Å²) < 4.78 is 0. The van der Waals surface area contributed by atoms with Crippen LogP contribution in [0.25, 0.3) is 0 Å². The molecule has 0 radical (unpaired) electrons. The SMILES string of the molecule is CC(C)CC(=O)Nc1ccc(N[C@@H](C)C(=O)NC(=O)NC23CC4CC(CC(C4)C2)C3)cc1. The summed E-state index contributed by atoms with van der Waals surface area (Å²) in [5.41, 5.74) is 1.34. The van der Waals surface area contributed by atoms with E-state index in [9.17, 15) is 14.4 Å². The minimum Gasteiger partial charge on any atom is -0.374 e. The molecule has 4 saturated carbocycles. The molecule has 174 valence electrons. The quantitative estimate of drug-likeness (QED) is 0.509. The highest BCUT2D eigenvalue weighted by Gasteiger charge is 2.51. The Balaban J connectivity index is 1.25. The zero-order valence-corrected chi connectivity index (χ0v) is 19.4. The standard InChI is InChI=1S/C25H36N4O3/c1-15(2)8-22(30)27-21-6-4-20(5-7-21)26-16(3)23(31)28-24(32)29-25-12-17-9-18(13-25)11-19(10-17)14-25/h4-7,15-19,26H,8-14H2,1-3H3,(H,27,30)(H2,28,29,31,32)/t16-,17?,18?,19?,25?/m0/s1. The summed E-state index contributed by atoms with van der Waals surface area (Å²) in [6.07, 6.45) is 7.55. The van der Waals surface area contributed by atoms with Crippen LogP contribution in [-0.2, 0) is 9.59 Å². The van der Waals surface area contributed by atoms with Crippen molar-refractivity contribution in [2.75, 3.05) is 10.6 Å². The highest BCUT2D eigenvalue weighted by atomic mass is 16.2.